The Bertz CT molecular complexity index is 1610. The first-order chi connectivity index (χ1) is 21.9. The molecule has 3 aromatic rings. The SMILES string of the molecule is O=C(COC1(CCc2ccc(C3C(CCC(O)c4ccc(F)cc4)C(=O)N3c3ccc(F)cc3)cc2)COC1)NCCS(=O)(=O)O. The molecule has 0 bridgehead atoms. The van der Waals surface area contributed by atoms with E-state index in [1.807, 2.05) is 24.3 Å². The second-order valence-electron chi connectivity index (χ2n) is 11.7. The summed E-state index contributed by atoms with van der Waals surface area (Å²) in [5.41, 5.74) is 2.37. The van der Waals surface area contributed by atoms with Crippen LogP contribution in [0, 0.1) is 17.6 Å². The van der Waals surface area contributed by atoms with Gasteiger partial charge in [-0.15, -0.1) is 0 Å². The fraction of sp³-hybridized carbons (Fsp3) is 0.394. The van der Waals surface area contributed by atoms with Gasteiger partial charge in [-0.1, -0.05) is 36.4 Å². The third-order valence-corrected chi connectivity index (χ3v) is 9.16. The number of ether oxygens (including phenoxy) is 2. The molecule has 246 valence electrons. The number of aliphatic hydroxyl groups excluding tert-OH is 1. The number of amides is 2. The number of benzene rings is 3. The minimum atomic E-state index is -4.17. The Labute approximate surface area is 266 Å². The monoisotopic (exact) mass is 658 g/mol. The molecule has 0 spiro atoms. The number of anilines is 1. The zero-order valence-electron chi connectivity index (χ0n) is 25.0. The Balaban J connectivity index is 1.21. The van der Waals surface area contributed by atoms with Crippen LogP contribution >= 0.6 is 0 Å². The standard InChI is InChI=1S/C33H36F2N2O8S/c34-25-7-5-23(6-8-25)29(38)14-13-28-31(37(32(28)40)27-11-9-26(35)10-12-27)24-3-1-22(2-4-24)15-16-33(20-44-21-33)45-19-30(39)36-17-18-46(41,42)43/h1-12,28-29,31,38H,13-21H2,(H,36,39)(H,41,42,43). The van der Waals surface area contributed by atoms with Crippen molar-refractivity contribution in [3.8, 4) is 0 Å². The maximum absolute atomic E-state index is 13.6. The van der Waals surface area contributed by atoms with Gasteiger partial charge in [-0.2, -0.15) is 8.42 Å². The molecular weight excluding hydrogens is 622 g/mol. The minimum Gasteiger partial charge on any atom is -0.388 e. The van der Waals surface area contributed by atoms with Crippen LogP contribution in [0.3, 0.4) is 0 Å². The molecule has 3 unspecified atom stereocenters. The van der Waals surface area contributed by atoms with Crippen molar-refractivity contribution in [1.29, 1.82) is 0 Å². The van der Waals surface area contributed by atoms with Crippen molar-refractivity contribution >= 4 is 27.6 Å². The van der Waals surface area contributed by atoms with E-state index in [-0.39, 0.29) is 25.1 Å². The van der Waals surface area contributed by atoms with Crippen LogP contribution < -0.4 is 10.2 Å². The second-order valence-corrected chi connectivity index (χ2v) is 13.3. The average molecular weight is 659 g/mol. The number of hydrogen-bond acceptors (Lipinski definition) is 7. The third-order valence-electron chi connectivity index (χ3n) is 8.44. The van der Waals surface area contributed by atoms with Crippen LogP contribution in [0.1, 0.15) is 48.1 Å². The molecule has 0 aromatic heterocycles. The van der Waals surface area contributed by atoms with Gasteiger partial charge >= 0.3 is 0 Å². The molecule has 2 aliphatic rings. The van der Waals surface area contributed by atoms with Crippen LogP contribution in [0.25, 0.3) is 0 Å². The summed E-state index contributed by atoms with van der Waals surface area (Å²) < 4.78 is 68.6. The van der Waals surface area contributed by atoms with Crippen LogP contribution in [0.15, 0.2) is 72.8 Å². The normalized spacial score (nSPS) is 19.7. The first-order valence-corrected chi connectivity index (χ1v) is 16.6. The lowest BCUT2D eigenvalue weighted by molar-refractivity contribution is -0.212. The lowest BCUT2D eigenvalue weighted by Gasteiger charge is -2.48. The van der Waals surface area contributed by atoms with Crippen molar-refractivity contribution in [1.82, 2.24) is 5.32 Å². The molecule has 3 aromatic carbocycles. The maximum atomic E-state index is 13.6. The zero-order chi connectivity index (χ0) is 32.9. The van der Waals surface area contributed by atoms with E-state index < -0.39 is 51.0 Å². The number of hydrogen-bond donors (Lipinski definition) is 3. The smallest absolute Gasteiger partial charge is 0.266 e. The van der Waals surface area contributed by atoms with Gasteiger partial charge in [-0.25, -0.2) is 8.78 Å². The molecule has 0 saturated carbocycles. The summed E-state index contributed by atoms with van der Waals surface area (Å²) in [7, 11) is -4.17. The summed E-state index contributed by atoms with van der Waals surface area (Å²) in [6.45, 7) is 0.120. The van der Waals surface area contributed by atoms with Crippen molar-refractivity contribution in [2.45, 2.75) is 43.4 Å². The summed E-state index contributed by atoms with van der Waals surface area (Å²) in [6, 6.07) is 18.8. The van der Waals surface area contributed by atoms with Crippen LogP contribution in [0.5, 0.6) is 0 Å². The minimum absolute atomic E-state index is 0.127. The molecule has 2 amide bonds. The van der Waals surface area contributed by atoms with Gasteiger partial charge in [0, 0.05) is 12.2 Å². The van der Waals surface area contributed by atoms with E-state index in [0.717, 1.165) is 11.1 Å². The van der Waals surface area contributed by atoms with Gasteiger partial charge in [0.05, 0.1) is 37.0 Å². The highest BCUT2D eigenvalue weighted by molar-refractivity contribution is 7.85. The number of nitrogens with one attached hydrogen (secondary N) is 1. The van der Waals surface area contributed by atoms with Crippen LogP contribution in [0.2, 0.25) is 0 Å². The fourth-order valence-corrected chi connectivity index (χ4v) is 6.12. The molecule has 3 atom stereocenters. The number of carbonyl (C=O) groups excluding carboxylic acids is 2. The Kier molecular flexibility index (Phi) is 10.5. The van der Waals surface area contributed by atoms with Gasteiger partial charge < -0.3 is 24.8 Å². The van der Waals surface area contributed by atoms with E-state index >= 15 is 0 Å². The Hall–Kier alpha value is -3.75. The Morgan fingerprint density at radius 2 is 1.65 bits per heavy atom. The number of β-lactam (4-membered cyclic amide) rings is 1. The van der Waals surface area contributed by atoms with Crippen LogP contribution in [-0.2, 0) is 35.6 Å². The molecule has 2 heterocycles. The van der Waals surface area contributed by atoms with Crippen LogP contribution in [0.4, 0.5) is 14.5 Å². The molecule has 2 fully saturated rings. The quantitative estimate of drug-likeness (QED) is 0.165. The fourth-order valence-electron chi connectivity index (χ4n) is 5.76. The average Bonchev–Trinajstić information content (AvgIpc) is 3.00. The van der Waals surface area contributed by atoms with Gasteiger partial charge in [0.15, 0.2) is 0 Å². The van der Waals surface area contributed by atoms with Crippen molar-refractivity contribution in [3.63, 3.8) is 0 Å². The molecule has 13 heteroatoms. The Morgan fingerprint density at radius 1 is 1.02 bits per heavy atom. The lowest BCUT2D eigenvalue weighted by Crippen LogP contribution is -2.55. The predicted octanol–water partition coefficient (Wildman–Crippen LogP) is 3.90. The number of aliphatic hydroxyl groups is 1. The van der Waals surface area contributed by atoms with E-state index in [1.165, 1.54) is 36.4 Å². The zero-order valence-corrected chi connectivity index (χ0v) is 25.8. The molecule has 0 aliphatic carbocycles. The highest BCUT2D eigenvalue weighted by atomic mass is 32.2. The molecule has 5 rings (SSSR count). The van der Waals surface area contributed by atoms with Crippen molar-refractivity contribution in [2.75, 3.05) is 37.0 Å². The molecular formula is C33H36F2N2O8S. The van der Waals surface area contributed by atoms with Crippen molar-refractivity contribution in [2.24, 2.45) is 5.92 Å². The molecule has 0 radical (unpaired) electrons. The largest absolute Gasteiger partial charge is 0.388 e. The van der Waals surface area contributed by atoms with Gasteiger partial charge in [-0.05, 0) is 78.8 Å². The molecule has 10 nitrogen and oxygen atoms in total. The summed E-state index contributed by atoms with van der Waals surface area (Å²) in [5.74, 6) is -2.44. The summed E-state index contributed by atoms with van der Waals surface area (Å²) in [6.07, 6.45) is 1.02. The van der Waals surface area contributed by atoms with Gasteiger partial charge in [0.2, 0.25) is 11.8 Å². The lowest BCUT2D eigenvalue weighted by atomic mass is 9.78. The van der Waals surface area contributed by atoms with E-state index in [4.69, 9.17) is 14.0 Å². The number of carbonyl (C=O) groups is 2. The first-order valence-electron chi connectivity index (χ1n) is 15.0. The van der Waals surface area contributed by atoms with E-state index in [9.17, 15) is 31.9 Å². The van der Waals surface area contributed by atoms with Crippen LogP contribution in [-0.4, -0.2) is 67.6 Å². The third kappa shape index (κ3) is 8.34. The van der Waals surface area contributed by atoms with Crippen molar-refractivity contribution in [3.05, 3.63) is 101 Å². The van der Waals surface area contributed by atoms with Gasteiger partial charge in [-0.3, -0.25) is 14.1 Å². The number of halogens is 2. The topological polar surface area (TPSA) is 142 Å². The molecule has 2 aliphatic heterocycles. The molecule has 2 saturated heterocycles. The first kappa shape index (κ1) is 33.6. The molecule has 46 heavy (non-hydrogen) atoms. The van der Waals surface area contributed by atoms with Gasteiger partial charge in [0.1, 0.15) is 23.8 Å². The van der Waals surface area contributed by atoms with Crippen molar-refractivity contribution < 1.29 is 45.9 Å². The summed E-state index contributed by atoms with van der Waals surface area (Å²) >= 11 is 0. The maximum Gasteiger partial charge on any atom is 0.266 e. The number of rotatable bonds is 15. The predicted molar refractivity (Wildman–Crippen MR) is 164 cm³/mol. The number of aryl methyl sites for hydroxylation is 1. The highest BCUT2D eigenvalue weighted by Gasteiger charge is 2.48. The number of nitrogens with zero attached hydrogens (tertiary/aromatic N) is 1. The summed E-state index contributed by atoms with van der Waals surface area (Å²) in [4.78, 5) is 27.1. The second kappa shape index (κ2) is 14.3. The van der Waals surface area contributed by atoms with Gasteiger partial charge in [0.25, 0.3) is 10.1 Å². The highest BCUT2D eigenvalue weighted by Crippen LogP contribution is 2.46. The van der Waals surface area contributed by atoms with E-state index in [0.29, 0.717) is 50.1 Å². The summed E-state index contributed by atoms with van der Waals surface area (Å²) in [5, 5.41) is 13.1. The Morgan fingerprint density at radius 3 is 2.24 bits per heavy atom. The van der Waals surface area contributed by atoms with E-state index in [2.05, 4.69) is 5.32 Å². The molecule has 3 N–H and O–H groups in total. The van der Waals surface area contributed by atoms with E-state index in [1.54, 1.807) is 17.0 Å².